The van der Waals surface area contributed by atoms with Crippen LogP contribution in [0.2, 0.25) is 10.0 Å². The van der Waals surface area contributed by atoms with Gasteiger partial charge in [0.2, 0.25) is 0 Å². The predicted molar refractivity (Wildman–Crippen MR) is 69.0 cm³/mol. The molecule has 1 nitrogen and oxygen atoms in total. The van der Waals surface area contributed by atoms with Crippen LogP contribution in [0.25, 0.3) is 0 Å². The Morgan fingerprint density at radius 3 is 2.38 bits per heavy atom. The van der Waals surface area contributed by atoms with E-state index in [2.05, 4.69) is 19.2 Å². The van der Waals surface area contributed by atoms with Crippen LogP contribution in [0.4, 0.5) is 10.1 Å². The lowest BCUT2D eigenvalue weighted by Gasteiger charge is -2.17. The molecule has 1 unspecified atom stereocenters. The Kier molecular flexibility index (Phi) is 5.36. The standard InChI is InChI=1S/C12H16Cl2FN/c1-3-4-5-8(2)16-12-10(13)6-9(15)7-11(12)14/h6-8,16H,3-5H2,1-2H3. The van der Waals surface area contributed by atoms with Gasteiger partial charge < -0.3 is 5.32 Å². The van der Waals surface area contributed by atoms with Crippen LogP contribution in [-0.4, -0.2) is 6.04 Å². The van der Waals surface area contributed by atoms with Gasteiger partial charge in [0, 0.05) is 6.04 Å². The van der Waals surface area contributed by atoms with E-state index < -0.39 is 5.82 Å². The highest BCUT2D eigenvalue weighted by Gasteiger charge is 2.10. The lowest BCUT2D eigenvalue weighted by atomic mass is 10.1. The minimum Gasteiger partial charge on any atom is -0.380 e. The summed E-state index contributed by atoms with van der Waals surface area (Å²) < 4.78 is 13.0. The Labute approximate surface area is 106 Å². The molecule has 16 heavy (non-hydrogen) atoms. The smallest absolute Gasteiger partial charge is 0.126 e. The largest absolute Gasteiger partial charge is 0.380 e. The van der Waals surface area contributed by atoms with Gasteiger partial charge in [0.1, 0.15) is 5.82 Å². The Morgan fingerprint density at radius 2 is 1.88 bits per heavy atom. The zero-order valence-electron chi connectivity index (χ0n) is 9.49. The first-order valence-electron chi connectivity index (χ1n) is 5.45. The van der Waals surface area contributed by atoms with E-state index in [1.807, 2.05) is 0 Å². The molecule has 0 fully saturated rings. The quantitative estimate of drug-likeness (QED) is 0.777. The molecule has 1 N–H and O–H groups in total. The van der Waals surface area contributed by atoms with Crippen LogP contribution in [-0.2, 0) is 0 Å². The molecule has 1 atom stereocenters. The summed E-state index contributed by atoms with van der Waals surface area (Å²) >= 11 is 11.9. The number of benzene rings is 1. The van der Waals surface area contributed by atoms with Crippen molar-refractivity contribution in [3.8, 4) is 0 Å². The van der Waals surface area contributed by atoms with Gasteiger partial charge in [0.25, 0.3) is 0 Å². The summed E-state index contributed by atoms with van der Waals surface area (Å²) in [7, 11) is 0. The van der Waals surface area contributed by atoms with Crippen molar-refractivity contribution in [2.45, 2.75) is 39.2 Å². The summed E-state index contributed by atoms with van der Waals surface area (Å²) in [4.78, 5) is 0. The van der Waals surface area contributed by atoms with Gasteiger partial charge in [-0.05, 0) is 25.5 Å². The molecular weight excluding hydrogens is 248 g/mol. The molecule has 0 heterocycles. The molecule has 1 aromatic carbocycles. The van der Waals surface area contributed by atoms with E-state index in [0.717, 1.165) is 19.3 Å². The summed E-state index contributed by atoms with van der Waals surface area (Å²) in [6.07, 6.45) is 3.34. The lowest BCUT2D eigenvalue weighted by Crippen LogP contribution is -2.15. The van der Waals surface area contributed by atoms with Gasteiger partial charge in [-0.25, -0.2) is 4.39 Å². The maximum atomic E-state index is 13.0. The molecular formula is C12H16Cl2FN. The van der Waals surface area contributed by atoms with Crippen molar-refractivity contribution in [1.82, 2.24) is 0 Å². The van der Waals surface area contributed by atoms with Crippen molar-refractivity contribution in [2.75, 3.05) is 5.32 Å². The van der Waals surface area contributed by atoms with Crippen molar-refractivity contribution in [3.63, 3.8) is 0 Å². The molecule has 0 aromatic heterocycles. The van der Waals surface area contributed by atoms with Gasteiger partial charge in [0.15, 0.2) is 0 Å². The fourth-order valence-corrected chi connectivity index (χ4v) is 2.08. The molecule has 90 valence electrons. The maximum absolute atomic E-state index is 13.0. The SMILES string of the molecule is CCCCC(C)Nc1c(Cl)cc(F)cc1Cl. The monoisotopic (exact) mass is 263 g/mol. The molecule has 0 bridgehead atoms. The van der Waals surface area contributed by atoms with Crippen LogP contribution >= 0.6 is 23.2 Å². The summed E-state index contributed by atoms with van der Waals surface area (Å²) in [6.45, 7) is 4.20. The number of rotatable bonds is 5. The number of hydrogen-bond donors (Lipinski definition) is 1. The van der Waals surface area contributed by atoms with E-state index in [0.29, 0.717) is 15.7 Å². The number of anilines is 1. The average molecular weight is 264 g/mol. The van der Waals surface area contributed by atoms with Crippen LogP contribution < -0.4 is 5.32 Å². The molecule has 4 heteroatoms. The lowest BCUT2D eigenvalue weighted by molar-refractivity contribution is 0.626. The predicted octanol–water partition coefficient (Wildman–Crippen LogP) is 5.12. The summed E-state index contributed by atoms with van der Waals surface area (Å²) in [6, 6.07) is 2.81. The minimum absolute atomic E-state index is 0.278. The summed E-state index contributed by atoms with van der Waals surface area (Å²) in [5.74, 6) is -0.415. The average Bonchev–Trinajstić information content (AvgIpc) is 2.20. The van der Waals surface area contributed by atoms with Crippen molar-refractivity contribution in [1.29, 1.82) is 0 Å². The van der Waals surface area contributed by atoms with E-state index >= 15 is 0 Å². The van der Waals surface area contributed by atoms with E-state index in [4.69, 9.17) is 23.2 Å². The van der Waals surface area contributed by atoms with Crippen molar-refractivity contribution in [2.24, 2.45) is 0 Å². The molecule has 0 aliphatic heterocycles. The minimum atomic E-state index is -0.415. The number of nitrogens with one attached hydrogen (secondary N) is 1. The second-order valence-electron chi connectivity index (χ2n) is 3.93. The molecule has 0 aliphatic rings. The molecule has 0 amide bonds. The van der Waals surface area contributed by atoms with Crippen LogP contribution in [0.5, 0.6) is 0 Å². The zero-order valence-corrected chi connectivity index (χ0v) is 11.0. The Hall–Kier alpha value is -0.470. The highest BCUT2D eigenvalue weighted by atomic mass is 35.5. The van der Waals surface area contributed by atoms with Crippen molar-refractivity contribution < 1.29 is 4.39 Å². The van der Waals surface area contributed by atoms with Gasteiger partial charge in [0.05, 0.1) is 15.7 Å². The molecule has 1 rings (SSSR count). The second kappa shape index (κ2) is 6.31. The molecule has 1 aromatic rings. The Bertz CT molecular complexity index is 332. The number of hydrogen-bond acceptors (Lipinski definition) is 1. The fourth-order valence-electron chi connectivity index (χ4n) is 1.51. The summed E-state index contributed by atoms with van der Waals surface area (Å²) in [5, 5.41) is 3.86. The second-order valence-corrected chi connectivity index (χ2v) is 4.75. The van der Waals surface area contributed by atoms with E-state index in [1.165, 1.54) is 12.1 Å². The van der Waals surface area contributed by atoms with Crippen LogP contribution in [0.15, 0.2) is 12.1 Å². The first-order valence-corrected chi connectivity index (χ1v) is 6.21. The van der Waals surface area contributed by atoms with Crippen LogP contribution in [0.3, 0.4) is 0 Å². The first kappa shape index (κ1) is 13.6. The van der Waals surface area contributed by atoms with E-state index in [1.54, 1.807) is 0 Å². The molecule has 0 spiro atoms. The van der Waals surface area contributed by atoms with Gasteiger partial charge in [-0.2, -0.15) is 0 Å². The van der Waals surface area contributed by atoms with Crippen LogP contribution in [0.1, 0.15) is 33.1 Å². The third-order valence-corrected chi connectivity index (χ3v) is 2.98. The molecule has 0 radical (unpaired) electrons. The highest BCUT2D eigenvalue weighted by molar-refractivity contribution is 6.39. The number of halogens is 3. The first-order chi connectivity index (χ1) is 7.54. The maximum Gasteiger partial charge on any atom is 0.126 e. The van der Waals surface area contributed by atoms with Crippen molar-refractivity contribution in [3.05, 3.63) is 28.0 Å². The van der Waals surface area contributed by atoms with Crippen molar-refractivity contribution >= 4 is 28.9 Å². The van der Waals surface area contributed by atoms with Crippen LogP contribution in [0, 0.1) is 5.82 Å². The Balaban J connectivity index is 2.73. The Morgan fingerprint density at radius 1 is 1.31 bits per heavy atom. The molecule has 0 aliphatic carbocycles. The third kappa shape index (κ3) is 3.84. The fraction of sp³-hybridized carbons (Fsp3) is 0.500. The summed E-state index contributed by atoms with van der Waals surface area (Å²) in [5.41, 5.74) is 0.619. The topological polar surface area (TPSA) is 12.0 Å². The normalized spacial score (nSPS) is 12.6. The highest BCUT2D eigenvalue weighted by Crippen LogP contribution is 2.32. The molecule has 0 saturated carbocycles. The third-order valence-electron chi connectivity index (χ3n) is 2.39. The number of unbranched alkanes of at least 4 members (excludes halogenated alkanes) is 1. The van der Waals surface area contributed by atoms with E-state index in [-0.39, 0.29) is 6.04 Å². The molecule has 0 saturated heterocycles. The van der Waals surface area contributed by atoms with Gasteiger partial charge in [-0.1, -0.05) is 43.0 Å². The van der Waals surface area contributed by atoms with Gasteiger partial charge in [-0.3, -0.25) is 0 Å². The van der Waals surface area contributed by atoms with Gasteiger partial charge in [-0.15, -0.1) is 0 Å². The zero-order chi connectivity index (χ0) is 12.1. The van der Waals surface area contributed by atoms with E-state index in [9.17, 15) is 4.39 Å². The van der Waals surface area contributed by atoms with Gasteiger partial charge >= 0.3 is 0 Å².